The highest BCUT2D eigenvalue weighted by atomic mass is 16.2. The summed E-state index contributed by atoms with van der Waals surface area (Å²) >= 11 is 0. The second-order valence-corrected chi connectivity index (χ2v) is 5.36. The maximum atomic E-state index is 12.3. The molecule has 0 aromatic rings. The molecule has 0 aromatic carbocycles. The number of hydrogen-bond acceptors (Lipinski definition) is 7. The van der Waals surface area contributed by atoms with Gasteiger partial charge in [-0.3, -0.25) is 4.90 Å². The van der Waals surface area contributed by atoms with Crippen molar-refractivity contribution in [3.05, 3.63) is 0 Å². The van der Waals surface area contributed by atoms with E-state index >= 15 is 0 Å². The van der Waals surface area contributed by atoms with Gasteiger partial charge >= 0.3 is 6.03 Å². The van der Waals surface area contributed by atoms with Crippen molar-refractivity contribution in [1.29, 1.82) is 15.8 Å². The summed E-state index contributed by atoms with van der Waals surface area (Å²) in [7, 11) is 0. The smallest absolute Gasteiger partial charge is 0.320 e. The Hall–Kier alpha value is -2.38. The lowest BCUT2D eigenvalue weighted by atomic mass is 10.4. The molecule has 0 saturated carbocycles. The van der Waals surface area contributed by atoms with Crippen molar-refractivity contribution in [3.8, 4) is 18.2 Å². The minimum atomic E-state index is 0.00766. The third kappa shape index (κ3) is 7.26. The maximum Gasteiger partial charge on any atom is 0.320 e. The van der Waals surface area contributed by atoms with E-state index in [1.807, 2.05) is 17.0 Å². The lowest BCUT2D eigenvalue weighted by molar-refractivity contribution is 0.185. The average molecular weight is 332 g/mol. The number of hydrogen-bond donors (Lipinski definition) is 2. The molecule has 0 unspecified atom stereocenters. The molecule has 0 aliphatic carbocycles. The average Bonchev–Trinajstić information content (AvgIpc) is 2.93. The molecule has 1 aliphatic rings. The predicted octanol–water partition coefficient (Wildman–Crippen LogP) is -1.22. The molecular formula is C15H24N8O. The fourth-order valence-electron chi connectivity index (χ4n) is 2.42. The third-order valence-electron chi connectivity index (χ3n) is 3.73. The summed E-state index contributed by atoms with van der Waals surface area (Å²) in [5.74, 6) is 0. The molecule has 1 aliphatic heterocycles. The molecule has 130 valence electrons. The fourth-order valence-corrected chi connectivity index (χ4v) is 2.42. The molecule has 2 N–H and O–H groups in total. The van der Waals surface area contributed by atoms with E-state index in [2.05, 4.69) is 16.7 Å². The first-order valence-electron chi connectivity index (χ1n) is 8.01. The van der Waals surface area contributed by atoms with Gasteiger partial charge in [0.1, 0.15) is 0 Å². The van der Waals surface area contributed by atoms with Gasteiger partial charge in [0.25, 0.3) is 0 Å². The Morgan fingerprint density at radius 1 is 0.917 bits per heavy atom. The first-order valence-corrected chi connectivity index (χ1v) is 8.01. The molecule has 0 aromatic heterocycles. The second-order valence-electron chi connectivity index (χ2n) is 5.36. The molecule has 2 amide bonds. The van der Waals surface area contributed by atoms with E-state index in [9.17, 15) is 4.79 Å². The van der Waals surface area contributed by atoms with E-state index in [1.54, 1.807) is 9.80 Å². The lowest BCUT2D eigenvalue weighted by Crippen LogP contribution is -2.41. The van der Waals surface area contributed by atoms with Gasteiger partial charge in [-0.25, -0.2) is 4.79 Å². The van der Waals surface area contributed by atoms with Crippen LogP contribution in [0.2, 0.25) is 0 Å². The highest BCUT2D eigenvalue weighted by Gasteiger charge is 2.27. The van der Waals surface area contributed by atoms with Crippen molar-refractivity contribution in [2.45, 2.75) is 0 Å². The van der Waals surface area contributed by atoms with Crippen LogP contribution in [0.25, 0.3) is 0 Å². The van der Waals surface area contributed by atoms with E-state index in [-0.39, 0.29) is 12.6 Å². The van der Waals surface area contributed by atoms with Crippen molar-refractivity contribution >= 4 is 6.03 Å². The number of nitrogens with zero attached hydrogens (tertiary/aromatic N) is 6. The summed E-state index contributed by atoms with van der Waals surface area (Å²) in [6, 6.07) is 6.15. The molecule has 1 fully saturated rings. The molecule has 0 bridgehead atoms. The van der Waals surface area contributed by atoms with E-state index in [1.165, 1.54) is 0 Å². The van der Waals surface area contributed by atoms with Crippen LogP contribution in [0.1, 0.15) is 0 Å². The summed E-state index contributed by atoms with van der Waals surface area (Å²) in [5.41, 5.74) is 0. The maximum absolute atomic E-state index is 12.3. The van der Waals surface area contributed by atoms with Crippen molar-refractivity contribution in [2.24, 2.45) is 0 Å². The summed E-state index contributed by atoms with van der Waals surface area (Å²) in [6.45, 7) is 5.98. The Morgan fingerprint density at radius 3 is 2.17 bits per heavy atom. The van der Waals surface area contributed by atoms with Crippen LogP contribution in [-0.4, -0.2) is 92.7 Å². The molecule has 0 radical (unpaired) electrons. The van der Waals surface area contributed by atoms with Gasteiger partial charge in [-0.05, 0) is 0 Å². The molecule has 1 saturated heterocycles. The molecule has 9 nitrogen and oxygen atoms in total. The van der Waals surface area contributed by atoms with Gasteiger partial charge in [-0.2, -0.15) is 15.8 Å². The van der Waals surface area contributed by atoms with Crippen LogP contribution >= 0.6 is 0 Å². The Kier molecular flexibility index (Phi) is 9.91. The Bertz CT molecular complexity index is 503. The fraction of sp³-hybridized carbons (Fsp3) is 0.733. The van der Waals surface area contributed by atoms with Crippen LogP contribution in [0.5, 0.6) is 0 Å². The number of urea groups is 1. The summed E-state index contributed by atoms with van der Waals surface area (Å²) in [5, 5.41) is 31.7. The predicted molar refractivity (Wildman–Crippen MR) is 87.6 cm³/mol. The zero-order valence-corrected chi connectivity index (χ0v) is 13.9. The zero-order valence-electron chi connectivity index (χ0n) is 13.9. The van der Waals surface area contributed by atoms with Crippen LogP contribution in [0.4, 0.5) is 4.79 Å². The Balaban J connectivity index is 2.29. The molecule has 1 rings (SSSR count). The van der Waals surface area contributed by atoms with Crippen LogP contribution in [0.3, 0.4) is 0 Å². The number of carbonyl (C=O) groups is 1. The number of nitrogens with one attached hydrogen (secondary N) is 2. The van der Waals surface area contributed by atoms with Gasteiger partial charge in [0.15, 0.2) is 0 Å². The van der Waals surface area contributed by atoms with E-state index in [0.717, 1.165) is 0 Å². The number of rotatable bonds is 12. The zero-order chi connectivity index (χ0) is 17.6. The SMILES string of the molecule is N#CCNCCN(CC#N)CCN1CCN(CCNCC#N)C1=O. The largest absolute Gasteiger partial charge is 0.322 e. The van der Waals surface area contributed by atoms with Gasteiger partial charge in [-0.1, -0.05) is 0 Å². The van der Waals surface area contributed by atoms with E-state index < -0.39 is 0 Å². The lowest BCUT2D eigenvalue weighted by Gasteiger charge is -2.23. The van der Waals surface area contributed by atoms with Crippen LogP contribution in [-0.2, 0) is 0 Å². The second kappa shape index (κ2) is 12.1. The number of carbonyl (C=O) groups excluding carboxylic acids is 1. The van der Waals surface area contributed by atoms with Crippen LogP contribution in [0.15, 0.2) is 0 Å². The molecule has 9 heteroatoms. The van der Waals surface area contributed by atoms with Gasteiger partial charge < -0.3 is 20.4 Å². The van der Waals surface area contributed by atoms with Crippen molar-refractivity contribution in [3.63, 3.8) is 0 Å². The molecular weight excluding hydrogens is 308 g/mol. The molecule has 1 heterocycles. The van der Waals surface area contributed by atoms with Crippen LogP contribution in [0, 0.1) is 34.0 Å². The summed E-state index contributed by atoms with van der Waals surface area (Å²) in [6.07, 6.45) is 0. The first kappa shape index (κ1) is 19.7. The van der Waals surface area contributed by atoms with Crippen molar-refractivity contribution in [2.75, 3.05) is 72.0 Å². The van der Waals surface area contributed by atoms with Crippen LogP contribution < -0.4 is 10.6 Å². The minimum Gasteiger partial charge on any atom is -0.322 e. The Labute approximate surface area is 143 Å². The van der Waals surface area contributed by atoms with Crippen molar-refractivity contribution in [1.82, 2.24) is 25.3 Å². The first-order chi connectivity index (χ1) is 11.7. The van der Waals surface area contributed by atoms with E-state index in [0.29, 0.717) is 65.4 Å². The normalized spacial score (nSPS) is 13.8. The van der Waals surface area contributed by atoms with Gasteiger partial charge in [-0.15, -0.1) is 0 Å². The third-order valence-corrected chi connectivity index (χ3v) is 3.73. The van der Waals surface area contributed by atoms with Crippen molar-refractivity contribution < 1.29 is 4.79 Å². The summed E-state index contributed by atoms with van der Waals surface area (Å²) < 4.78 is 0. The van der Waals surface area contributed by atoms with E-state index in [4.69, 9.17) is 15.8 Å². The van der Waals surface area contributed by atoms with Gasteiger partial charge in [0.05, 0.1) is 37.8 Å². The van der Waals surface area contributed by atoms with Gasteiger partial charge in [0.2, 0.25) is 0 Å². The standard InChI is InChI=1S/C15H24N8O/c16-1-4-19-6-9-21(8-3-18)11-12-23-14-13-22(15(23)24)10-7-20-5-2-17/h19-20H,4-14H2. The minimum absolute atomic E-state index is 0.00766. The molecule has 24 heavy (non-hydrogen) atoms. The van der Waals surface area contributed by atoms with Gasteiger partial charge in [0, 0.05) is 52.4 Å². The molecule has 0 spiro atoms. The highest BCUT2D eigenvalue weighted by molar-refractivity contribution is 5.76. The summed E-state index contributed by atoms with van der Waals surface area (Å²) in [4.78, 5) is 17.8. The Morgan fingerprint density at radius 2 is 1.54 bits per heavy atom. The topological polar surface area (TPSA) is 122 Å². The monoisotopic (exact) mass is 332 g/mol. The highest BCUT2D eigenvalue weighted by Crippen LogP contribution is 2.07. The number of nitriles is 3. The quantitative estimate of drug-likeness (QED) is 0.339. The molecule has 0 atom stereocenters. The number of amides is 2.